The van der Waals surface area contributed by atoms with Crippen LogP contribution in [0.25, 0.3) is 0 Å². The second-order valence-electron chi connectivity index (χ2n) is 6.05. The lowest BCUT2D eigenvalue weighted by Gasteiger charge is -2.11. The van der Waals surface area contributed by atoms with Gasteiger partial charge in [0.2, 0.25) is 0 Å². The van der Waals surface area contributed by atoms with E-state index in [-0.39, 0.29) is 0 Å². The van der Waals surface area contributed by atoms with Gasteiger partial charge in [0.15, 0.2) is 5.11 Å². The SMILES string of the molecule is C[NH+](C)Cc1ccc(CNC(=S)NCCc2ccccc2)cc1. The number of nitrogens with one attached hydrogen (secondary N) is 3. The Bertz CT molecular complexity index is 594. The van der Waals surface area contributed by atoms with Gasteiger partial charge in [0.1, 0.15) is 6.54 Å². The molecule has 2 aromatic carbocycles. The van der Waals surface area contributed by atoms with Gasteiger partial charge in [0.05, 0.1) is 14.1 Å². The third-order valence-corrected chi connectivity index (χ3v) is 3.86. The molecule has 3 nitrogen and oxygen atoms in total. The van der Waals surface area contributed by atoms with Gasteiger partial charge in [-0.2, -0.15) is 0 Å². The van der Waals surface area contributed by atoms with Crippen LogP contribution in [0, 0.1) is 0 Å². The average molecular weight is 329 g/mol. The number of benzene rings is 2. The Labute approximate surface area is 144 Å². The fraction of sp³-hybridized carbons (Fsp3) is 0.316. The first kappa shape index (κ1) is 17.4. The Balaban J connectivity index is 1.67. The van der Waals surface area contributed by atoms with Gasteiger partial charge < -0.3 is 15.5 Å². The first-order chi connectivity index (χ1) is 11.1. The third-order valence-electron chi connectivity index (χ3n) is 3.58. The Hall–Kier alpha value is -1.91. The smallest absolute Gasteiger partial charge is 0.166 e. The number of hydrogen-bond acceptors (Lipinski definition) is 1. The summed E-state index contributed by atoms with van der Waals surface area (Å²) in [6.45, 7) is 2.65. The minimum atomic E-state index is 0.711. The zero-order chi connectivity index (χ0) is 16.5. The summed E-state index contributed by atoms with van der Waals surface area (Å²) in [5.74, 6) is 0. The van der Waals surface area contributed by atoms with Crippen molar-refractivity contribution < 1.29 is 4.90 Å². The molecular weight excluding hydrogens is 302 g/mol. The van der Waals surface area contributed by atoms with Gasteiger partial charge in [-0.15, -0.1) is 0 Å². The van der Waals surface area contributed by atoms with E-state index in [4.69, 9.17) is 12.2 Å². The molecule has 0 radical (unpaired) electrons. The first-order valence-electron chi connectivity index (χ1n) is 8.06. The molecule has 0 spiro atoms. The highest BCUT2D eigenvalue weighted by Gasteiger charge is 2.00. The lowest BCUT2D eigenvalue weighted by atomic mass is 10.1. The molecule has 0 amide bonds. The van der Waals surface area contributed by atoms with E-state index in [9.17, 15) is 0 Å². The number of quaternary nitrogens is 1. The molecule has 0 fully saturated rings. The first-order valence-corrected chi connectivity index (χ1v) is 8.47. The van der Waals surface area contributed by atoms with Gasteiger partial charge in [-0.1, -0.05) is 54.6 Å². The van der Waals surface area contributed by atoms with E-state index in [1.807, 2.05) is 6.07 Å². The van der Waals surface area contributed by atoms with Crippen molar-refractivity contribution in [3.05, 3.63) is 71.3 Å². The highest BCUT2D eigenvalue weighted by atomic mass is 32.1. The van der Waals surface area contributed by atoms with E-state index in [0.717, 1.165) is 26.1 Å². The number of rotatable bonds is 7. The minimum absolute atomic E-state index is 0.711. The summed E-state index contributed by atoms with van der Waals surface area (Å²) in [6, 6.07) is 19.1. The van der Waals surface area contributed by atoms with Crippen LogP contribution in [-0.4, -0.2) is 25.8 Å². The molecule has 0 aliphatic heterocycles. The molecule has 0 saturated carbocycles. The summed E-state index contributed by atoms with van der Waals surface area (Å²) >= 11 is 5.33. The Morgan fingerprint density at radius 1 is 0.870 bits per heavy atom. The predicted molar refractivity (Wildman–Crippen MR) is 101 cm³/mol. The van der Waals surface area contributed by atoms with Crippen LogP contribution in [0.5, 0.6) is 0 Å². The Kier molecular flexibility index (Phi) is 7.04. The van der Waals surface area contributed by atoms with E-state index in [0.29, 0.717) is 5.11 Å². The summed E-state index contributed by atoms with van der Waals surface area (Å²) in [4.78, 5) is 1.43. The molecule has 23 heavy (non-hydrogen) atoms. The van der Waals surface area contributed by atoms with Crippen molar-refractivity contribution in [3.8, 4) is 0 Å². The maximum Gasteiger partial charge on any atom is 0.166 e. The predicted octanol–water partition coefficient (Wildman–Crippen LogP) is 1.54. The molecule has 122 valence electrons. The van der Waals surface area contributed by atoms with Crippen molar-refractivity contribution in [3.63, 3.8) is 0 Å². The summed E-state index contributed by atoms with van der Waals surface area (Å²) < 4.78 is 0. The minimum Gasteiger partial charge on any atom is -0.362 e. The molecule has 0 heterocycles. The van der Waals surface area contributed by atoms with Crippen LogP contribution in [0.4, 0.5) is 0 Å². The molecule has 0 atom stereocenters. The van der Waals surface area contributed by atoms with Crippen molar-refractivity contribution in [1.29, 1.82) is 0 Å². The molecule has 0 unspecified atom stereocenters. The van der Waals surface area contributed by atoms with Crippen LogP contribution >= 0.6 is 12.2 Å². The van der Waals surface area contributed by atoms with Crippen molar-refractivity contribution in [2.75, 3.05) is 20.6 Å². The highest BCUT2D eigenvalue weighted by molar-refractivity contribution is 7.80. The van der Waals surface area contributed by atoms with Crippen LogP contribution in [0.2, 0.25) is 0 Å². The van der Waals surface area contributed by atoms with Crippen LogP contribution in [0.1, 0.15) is 16.7 Å². The second-order valence-corrected chi connectivity index (χ2v) is 6.45. The molecule has 0 aromatic heterocycles. The lowest BCUT2D eigenvalue weighted by molar-refractivity contribution is -0.872. The molecule has 0 bridgehead atoms. The Morgan fingerprint density at radius 3 is 2.17 bits per heavy atom. The van der Waals surface area contributed by atoms with E-state index in [1.54, 1.807) is 0 Å². The van der Waals surface area contributed by atoms with Crippen LogP contribution in [0.3, 0.4) is 0 Å². The fourth-order valence-electron chi connectivity index (χ4n) is 2.39. The fourth-order valence-corrected chi connectivity index (χ4v) is 2.57. The molecule has 0 aliphatic carbocycles. The van der Waals surface area contributed by atoms with Crippen LogP contribution in [0.15, 0.2) is 54.6 Å². The maximum absolute atomic E-state index is 5.33. The number of thiocarbonyl (C=S) groups is 1. The molecule has 0 saturated heterocycles. The van der Waals surface area contributed by atoms with Crippen LogP contribution < -0.4 is 15.5 Å². The van der Waals surface area contributed by atoms with E-state index < -0.39 is 0 Å². The Morgan fingerprint density at radius 2 is 1.52 bits per heavy atom. The van der Waals surface area contributed by atoms with Crippen LogP contribution in [-0.2, 0) is 19.5 Å². The highest BCUT2D eigenvalue weighted by Crippen LogP contribution is 2.03. The quantitative estimate of drug-likeness (QED) is 0.674. The van der Waals surface area contributed by atoms with Gasteiger partial charge in [0.25, 0.3) is 0 Å². The normalized spacial score (nSPS) is 10.6. The third kappa shape index (κ3) is 6.80. The standard InChI is InChI=1S/C19H25N3S/c1-22(2)15-18-10-8-17(9-11-18)14-21-19(23)20-13-12-16-6-4-3-5-7-16/h3-11H,12-15H2,1-2H3,(H2,20,21,23)/p+1. The zero-order valence-corrected chi connectivity index (χ0v) is 14.7. The number of hydrogen-bond donors (Lipinski definition) is 3. The van der Waals surface area contributed by atoms with Crippen molar-refractivity contribution >= 4 is 17.3 Å². The summed E-state index contributed by atoms with van der Waals surface area (Å²) in [6.07, 6.45) is 0.976. The lowest BCUT2D eigenvalue weighted by Crippen LogP contribution is -3.04. The summed E-state index contributed by atoms with van der Waals surface area (Å²) in [5.41, 5.74) is 3.92. The van der Waals surface area contributed by atoms with Gasteiger partial charge in [-0.3, -0.25) is 0 Å². The van der Waals surface area contributed by atoms with E-state index >= 15 is 0 Å². The molecule has 0 aliphatic rings. The maximum atomic E-state index is 5.33. The molecule has 2 aromatic rings. The topological polar surface area (TPSA) is 28.5 Å². The molecule has 2 rings (SSSR count). The van der Waals surface area contributed by atoms with Gasteiger partial charge in [0, 0.05) is 18.7 Å². The average Bonchev–Trinajstić information content (AvgIpc) is 2.55. The summed E-state index contributed by atoms with van der Waals surface area (Å²) in [7, 11) is 4.32. The van der Waals surface area contributed by atoms with E-state index in [1.165, 1.54) is 21.6 Å². The molecular formula is C19H26N3S+. The van der Waals surface area contributed by atoms with E-state index in [2.05, 4.69) is 73.3 Å². The van der Waals surface area contributed by atoms with Crippen molar-refractivity contribution in [2.45, 2.75) is 19.5 Å². The van der Waals surface area contributed by atoms with Gasteiger partial charge >= 0.3 is 0 Å². The van der Waals surface area contributed by atoms with Crippen molar-refractivity contribution in [1.82, 2.24) is 10.6 Å². The molecule has 3 N–H and O–H groups in total. The molecule has 4 heteroatoms. The summed E-state index contributed by atoms with van der Waals surface area (Å²) in [5, 5.41) is 7.23. The second kappa shape index (κ2) is 9.28. The van der Waals surface area contributed by atoms with Gasteiger partial charge in [-0.25, -0.2) is 0 Å². The van der Waals surface area contributed by atoms with Gasteiger partial charge in [-0.05, 0) is 29.8 Å². The largest absolute Gasteiger partial charge is 0.362 e. The zero-order valence-electron chi connectivity index (χ0n) is 13.9. The monoisotopic (exact) mass is 328 g/mol. The van der Waals surface area contributed by atoms with Crippen molar-refractivity contribution in [2.24, 2.45) is 0 Å².